The van der Waals surface area contributed by atoms with Crippen molar-refractivity contribution in [3.05, 3.63) is 70.0 Å². The molecule has 5 rings (SSSR count). The number of hydrogen-bond acceptors (Lipinski definition) is 6. The number of nitrogens with zero attached hydrogens (tertiary/aromatic N) is 1. The molecule has 1 aromatic heterocycles. The summed E-state index contributed by atoms with van der Waals surface area (Å²) in [6.45, 7) is 0.259. The fourth-order valence-electron chi connectivity index (χ4n) is 3.88. The van der Waals surface area contributed by atoms with E-state index in [1.807, 2.05) is 0 Å². The zero-order valence-corrected chi connectivity index (χ0v) is 17.8. The van der Waals surface area contributed by atoms with Gasteiger partial charge in [-0.2, -0.15) is 0 Å². The van der Waals surface area contributed by atoms with Gasteiger partial charge in [-0.25, -0.2) is 9.37 Å². The second kappa shape index (κ2) is 8.58. The maximum Gasteiger partial charge on any atom is 0.257 e. The van der Waals surface area contributed by atoms with E-state index in [2.05, 4.69) is 15.6 Å². The largest absolute Gasteiger partial charge is 0.454 e. The number of ether oxygens (including phenoxy) is 2. The molecule has 0 saturated heterocycles. The molecular formula is C23H20FN3O4S. The third-order valence-electron chi connectivity index (χ3n) is 5.54. The van der Waals surface area contributed by atoms with Crippen molar-refractivity contribution in [2.75, 3.05) is 12.1 Å². The molecule has 0 bridgehead atoms. The summed E-state index contributed by atoms with van der Waals surface area (Å²) >= 11 is 1.38. The van der Waals surface area contributed by atoms with Crippen molar-refractivity contribution in [1.29, 1.82) is 0 Å². The highest BCUT2D eigenvalue weighted by Crippen LogP contribution is 2.37. The average molecular weight is 453 g/mol. The highest BCUT2D eigenvalue weighted by molar-refractivity contribution is 7.16. The summed E-state index contributed by atoms with van der Waals surface area (Å²) < 4.78 is 24.4. The van der Waals surface area contributed by atoms with Gasteiger partial charge in [-0.05, 0) is 43.5 Å². The Morgan fingerprint density at radius 3 is 2.88 bits per heavy atom. The first-order valence-electron chi connectivity index (χ1n) is 10.3. The predicted octanol–water partition coefficient (Wildman–Crippen LogP) is 4.00. The Balaban J connectivity index is 1.28. The van der Waals surface area contributed by atoms with Gasteiger partial charge in [0.25, 0.3) is 5.91 Å². The van der Waals surface area contributed by atoms with Gasteiger partial charge in [0.05, 0.1) is 11.6 Å². The molecule has 0 saturated carbocycles. The topological polar surface area (TPSA) is 89.6 Å². The van der Waals surface area contributed by atoms with Crippen LogP contribution in [0.5, 0.6) is 11.5 Å². The van der Waals surface area contributed by atoms with Crippen LogP contribution in [0.15, 0.2) is 42.5 Å². The molecular weight excluding hydrogens is 433 g/mol. The Morgan fingerprint density at radius 1 is 1.16 bits per heavy atom. The number of thiazole rings is 1. The molecule has 0 fully saturated rings. The third kappa shape index (κ3) is 4.03. The van der Waals surface area contributed by atoms with Crippen LogP contribution in [-0.4, -0.2) is 23.6 Å². The Hall–Kier alpha value is -3.46. The smallest absolute Gasteiger partial charge is 0.257 e. The second-order valence-corrected chi connectivity index (χ2v) is 8.69. The molecule has 2 N–H and O–H groups in total. The fourth-order valence-corrected chi connectivity index (χ4v) is 4.94. The van der Waals surface area contributed by atoms with Gasteiger partial charge in [-0.3, -0.25) is 14.9 Å². The van der Waals surface area contributed by atoms with Gasteiger partial charge in [-0.1, -0.05) is 18.2 Å². The number of benzene rings is 2. The molecule has 0 spiro atoms. The van der Waals surface area contributed by atoms with Gasteiger partial charge in [0, 0.05) is 22.5 Å². The van der Waals surface area contributed by atoms with Gasteiger partial charge < -0.3 is 14.8 Å². The number of anilines is 1. The molecule has 3 aromatic rings. The highest BCUT2D eigenvalue weighted by atomic mass is 32.1. The normalized spacial score (nSPS) is 16.3. The van der Waals surface area contributed by atoms with Crippen LogP contribution in [0.3, 0.4) is 0 Å². The molecule has 2 heterocycles. The summed E-state index contributed by atoms with van der Waals surface area (Å²) in [4.78, 5) is 31.1. The minimum Gasteiger partial charge on any atom is -0.454 e. The molecule has 164 valence electrons. The van der Waals surface area contributed by atoms with Crippen LogP contribution in [0.1, 0.15) is 45.3 Å². The lowest BCUT2D eigenvalue weighted by Crippen LogP contribution is -2.31. The number of rotatable bonds is 5. The number of carbonyl (C=O) groups is 2. The number of carbonyl (C=O) groups excluding carboxylic acids is 2. The lowest BCUT2D eigenvalue weighted by Gasteiger charge is -2.20. The van der Waals surface area contributed by atoms with Crippen LogP contribution < -0.4 is 20.1 Å². The first kappa shape index (κ1) is 20.4. The zero-order valence-electron chi connectivity index (χ0n) is 17.0. The molecule has 1 aliphatic carbocycles. The number of aromatic nitrogens is 1. The number of halogens is 1. The quantitative estimate of drug-likeness (QED) is 0.610. The molecule has 2 aromatic carbocycles. The third-order valence-corrected chi connectivity index (χ3v) is 6.58. The monoisotopic (exact) mass is 453 g/mol. The number of aryl methyl sites for hydroxylation is 1. The Kier molecular flexibility index (Phi) is 5.48. The maximum atomic E-state index is 13.8. The molecule has 1 unspecified atom stereocenters. The number of amides is 2. The van der Waals surface area contributed by atoms with Crippen molar-refractivity contribution >= 4 is 28.3 Å². The van der Waals surface area contributed by atoms with Gasteiger partial charge in [0.2, 0.25) is 12.7 Å². The average Bonchev–Trinajstić information content (AvgIpc) is 3.43. The summed E-state index contributed by atoms with van der Waals surface area (Å²) in [7, 11) is 0. The first-order valence-corrected chi connectivity index (χ1v) is 11.1. The Morgan fingerprint density at radius 2 is 2.00 bits per heavy atom. The minimum atomic E-state index is -0.419. The molecule has 7 nitrogen and oxygen atoms in total. The van der Waals surface area contributed by atoms with E-state index in [-0.39, 0.29) is 31.0 Å². The van der Waals surface area contributed by atoms with Crippen molar-refractivity contribution in [1.82, 2.24) is 10.3 Å². The van der Waals surface area contributed by atoms with Crippen LogP contribution in [0.25, 0.3) is 0 Å². The molecule has 1 atom stereocenters. The second-order valence-electron chi connectivity index (χ2n) is 7.60. The summed E-state index contributed by atoms with van der Waals surface area (Å²) in [6, 6.07) is 11.4. The Bertz CT molecular complexity index is 1200. The van der Waals surface area contributed by atoms with Crippen LogP contribution in [0.4, 0.5) is 9.52 Å². The maximum absolute atomic E-state index is 13.8. The van der Waals surface area contributed by atoms with Crippen molar-refractivity contribution < 1.29 is 23.5 Å². The zero-order chi connectivity index (χ0) is 22.1. The predicted molar refractivity (Wildman–Crippen MR) is 117 cm³/mol. The summed E-state index contributed by atoms with van der Waals surface area (Å²) in [5.74, 6) is -0.126. The van der Waals surface area contributed by atoms with Gasteiger partial charge in [0.1, 0.15) is 5.82 Å². The van der Waals surface area contributed by atoms with Crippen LogP contribution >= 0.6 is 11.3 Å². The number of nitrogens with one attached hydrogen (secondary N) is 2. The molecule has 2 amide bonds. The number of fused-ring (bicyclic) bond motifs is 2. The van der Waals surface area contributed by atoms with E-state index in [1.54, 1.807) is 36.4 Å². The Labute approximate surface area is 187 Å². The summed E-state index contributed by atoms with van der Waals surface area (Å²) in [6.07, 6.45) is 2.32. The summed E-state index contributed by atoms with van der Waals surface area (Å²) in [5.41, 5.74) is 1.56. The highest BCUT2D eigenvalue weighted by Gasteiger charge is 2.30. The van der Waals surface area contributed by atoms with E-state index in [9.17, 15) is 14.0 Å². The molecule has 9 heteroatoms. The van der Waals surface area contributed by atoms with Crippen LogP contribution in [0.2, 0.25) is 0 Å². The summed E-state index contributed by atoms with van der Waals surface area (Å²) in [5, 5.41) is 6.10. The SMILES string of the molecule is O=C(Nc1nc2c(s1)CCCC2C(=O)NCc1ccccc1F)c1ccc2c(c1)OCO2. The lowest BCUT2D eigenvalue weighted by molar-refractivity contribution is -0.123. The standard InChI is InChI=1S/C23H20FN3O4S/c24-16-6-2-1-4-14(16)11-25-22(29)15-5-3-7-19-20(15)26-23(32-19)27-21(28)13-8-9-17-18(10-13)31-12-30-17/h1-2,4,6,8-10,15H,3,5,7,11-12H2,(H,25,29)(H,26,27,28). The van der Waals surface area contributed by atoms with E-state index < -0.39 is 5.92 Å². The van der Waals surface area contributed by atoms with E-state index in [1.165, 1.54) is 17.4 Å². The van der Waals surface area contributed by atoms with Crippen molar-refractivity contribution in [2.24, 2.45) is 0 Å². The molecule has 0 radical (unpaired) electrons. The molecule has 1 aliphatic heterocycles. The minimum absolute atomic E-state index is 0.120. The fraction of sp³-hybridized carbons (Fsp3) is 0.261. The van der Waals surface area contributed by atoms with Crippen LogP contribution in [0, 0.1) is 5.82 Å². The van der Waals surface area contributed by atoms with E-state index in [4.69, 9.17) is 9.47 Å². The van der Waals surface area contributed by atoms with E-state index >= 15 is 0 Å². The lowest BCUT2D eigenvalue weighted by atomic mass is 9.90. The first-order chi connectivity index (χ1) is 15.6. The molecule has 32 heavy (non-hydrogen) atoms. The van der Waals surface area contributed by atoms with Crippen molar-refractivity contribution in [3.8, 4) is 11.5 Å². The van der Waals surface area contributed by atoms with E-state index in [0.717, 1.165) is 17.7 Å². The van der Waals surface area contributed by atoms with Gasteiger partial charge in [0.15, 0.2) is 16.6 Å². The van der Waals surface area contributed by atoms with Gasteiger partial charge >= 0.3 is 0 Å². The van der Waals surface area contributed by atoms with Crippen molar-refractivity contribution in [3.63, 3.8) is 0 Å². The number of hydrogen-bond donors (Lipinski definition) is 2. The van der Waals surface area contributed by atoms with E-state index in [0.29, 0.717) is 39.9 Å². The van der Waals surface area contributed by atoms with Gasteiger partial charge in [-0.15, -0.1) is 11.3 Å². The van der Waals surface area contributed by atoms with Crippen molar-refractivity contribution in [2.45, 2.75) is 31.7 Å². The molecule has 2 aliphatic rings. The van der Waals surface area contributed by atoms with Crippen LogP contribution in [-0.2, 0) is 17.8 Å².